The molecule has 4 aromatic heterocycles. The van der Waals surface area contributed by atoms with Crippen LogP contribution >= 0.6 is 0 Å². The maximum absolute atomic E-state index is 13.3. The van der Waals surface area contributed by atoms with Gasteiger partial charge < -0.3 is 30.0 Å². The predicted octanol–water partition coefficient (Wildman–Crippen LogP) is 1.30. The van der Waals surface area contributed by atoms with Gasteiger partial charge in [-0.15, -0.1) is 0 Å². The molecule has 0 unspecified atom stereocenters. The first-order chi connectivity index (χ1) is 18.1. The standard InChI is InChI=1S/C24H27N9O4/c1-25-19-10-18(29-22-14(11-26-33(19)22)23(34)28-15-5-6-17(15)36-2)27-16-4-3-7-32(24(16)35)20-12-31-8-9-37-13-21(31)30-20/h3-4,7,10-12,15,17,25H,5-6,8-9,13H2,1-2H3,(H,27,29)(H,28,34)/t15-,17-/m1/s1. The van der Waals surface area contributed by atoms with Crippen LogP contribution in [0.4, 0.5) is 17.3 Å². The van der Waals surface area contributed by atoms with E-state index in [1.54, 1.807) is 43.1 Å². The molecule has 2 atom stereocenters. The van der Waals surface area contributed by atoms with Gasteiger partial charge in [0.15, 0.2) is 11.5 Å². The first-order valence-corrected chi connectivity index (χ1v) is 12.1. The molecule has 13 heteroatoms. The number of amides is 1. The summed E-state index contributed by atoms with van der Waals surface area (Å²) in [6.45, 7) is 1.72. The molecule has 0 spiro atoms. The van der Waals surface area contributed by atoms with Gasteiger partial charge in [-0.05, 0) is 25.0 Å². The van der Waals surface area contributed by atoms with E-state index in [4.69, 9.17) is 9.47 Å². The minimum absolute atomic E-state index is 0.0116. The fraction of sp³-hybridized carbons (Fsp3) is 0.375. The molecule has 13 nitrogen and oxygen atoms in total. The maximum Gasteiger partial charge on any atom is 0.280 e. The second kappa shape index (κ2) is 9.33. The zero-order valence-electron chi connectivity index (χ0n) is 20.5. The van der Waals surface area contributed by atoms with Crippen molar-refractivity contribution in [1.29, 1.82) is 0 Å². The Morgan fingerprint density at radius 1 is 1.27 bits per heavy atom. The number of methoxy groups -OCH3 is 1. The summed E-state index contributed by atoms with van der Waals surface area (Å²) in [7, 11) is 3.39. The summed E-state index contributed by atoms with van der Waals surface area (Å²) in [6, 6.07) is 5.12. The van der Waals surface area contributed by atoms with Crippen molar-refractivity contribution in [2.45, 2.75) is 38.1 Å². The number of imidazole rings is 1. The van der Waals surface area contributed by atoms with E-state index in [0.29, 0.717) is 54.1 Å². The van der Waals surface area contributed by atoms with Crippen LogP contribution in [0.3, 0.4) is 0 Å². The van der Waals surface area contributed by atoms with Gasteiger partial charge in [0.1, 0.15) is 35.3 Å². The van der Waals surface area contributed by atoms with Crippen LogP contribution < -0.4 is 21.5 Å². The molecule has 1 fully saturated rings. The summed E-state index contributed by atoms with van der Waals surface area (Å²) < 4.78 is 15.9. The molecule has 5 heterocycles. The number of nitrogens with one attached hydrogen (secondary N) is 3. The Morgan fingerprint density at radius 3 is 2.92 bits per heavy atom. The number of fused-ring (bicyclic) bond motifs is 2. The average Bonchev–Trinajstić information content (AvgIpc) is 3.52. The highest BCUT2D eigenvalue weighted by molar-refractivity contribution is 6.00. The lowest BCUT2D eigenvalue weighted by Gasteiger charge is -2.35. The van der Waals surface area contributed by atoms with Gasteiger partial charge in [0.2, 0.25) is 0 Å². The Balaban J connectivity index is 1.32. The van der Waals surface area contributed by atoms with Crippen molar-refractivity contribution in [3.63, 3.8) is 0 Å². The number of carbonyl (C=O) groups is 1. The number of nitrogens with zero attached hydrogens (tertiary/aromatic N) is 6. The van der Waals surface area contributed by atoms with Gasteiger partial charge in [0.25, 0.3) is 11.5 Å². The third-order valence-corrected chi connectivity index (χ3v) is 6.81. The van der Waals surface area contributed by atoms with Gasteiger partial charge in [-0.25, -0.2) is 9.97 Å². The fourth-order valence-corrected chi connectivity index (χ4v) is 4.63. The average molecular weight is 506 g/mol. The SMILES string of the molecule is CNc1cc(Nc2cccn(-c3cn4c(n3)COCC4)c2=O)nc2c(C(=O)N[C@@H]3CC[C@H]3OC)cnn12. The second-order valence-corrected chi connectivity index (χ2v) is 8.99. The number of pyridine rings is 1. The van der Waals surface area contributed by atoms with Crippen molar-refractivity contribution in [2.24, 2.45) is 0 Å². The third kappa shape index (κ3) is 4.11. The Morgan fingerprint density at radius 2 is 2.16 bits per heavy atom. The molecule has 1 saturated carbocycles. The minimum Gasteiger partial charge on any atom is -0.379 e. The Bertz CT molecular complexity index is 1510. The third-order valence-electron chi connectivity index (χ3n) is 6.81. The number of hydrogen-bond acceptors (Lipinski definition) is 9. The number of carbonyl (C=O) groups excluding carboxylic acids is 1. The van der Waals surface area contributed by atoms with Crippen molar-refractivity contribution < 1.29 is 14.3 Å². The number of rotatable bonds is 7. The van der Waals surface area contributed by atoms with E-state index in [1.807, 2.05) is 10.8 Å². The van der Waals surface area contributed by atoms with E-state index < -0.39 is 0 Å². The highest BCUT2D eigenvalue weighted by Crippen LogP contribution is 2.25. The molecule has 0 saturated heterocycles. The monoisotopic (exact) mass is 505 g/mol. The van der Waals surface area contributed by atoms with Crippen LogP contribution in [0.25, 0.3) is 11.5 Å². The molecule has 192 valence electrons. The predicted molar refractivity (Wildman–Crippen MR) is 135 cm³/mol. The zero-order valence-corrected chi connectivity index (χ0v) is 20.5. The van der Waals surface area contributed by atoms with E-state index >= 15 is 0 Å². The van der Waals surface area contributed by atoms with Crippen LogP contribution in [0, 0.1) is 0 Å². The lowest BCUT2D eigenvalue weighted by molar-refractivity contribution is 0.00732. The number of hydrogen-bond donors (Lipinski definition) is 3. The Labute approximate surface area is 211 Å². The highest BCUT2D eigenvalue weighted by atomic mass is 16.5. The van der Waals surface area contributed by atoms with Crippen LogP contribution in [0.2, 0.25) is 0 Å². The molecule has 0 bridgehead atoms. The van der Waals surface area contributed by atoms with Crippen molar-refractivity contribution in [2.75, 3.05) is 31.4 Å². The van der Waals surface area contributed by atoms with Crippen molar-refractivity contribution in [3.8, 4) is 5.82 Å². The fourth-order valence-electron chi connectivity index (χ4n) is 4.63. The van der Waals surface area contributed by atoms with Gasteiger partial charge in [0, 0.05) is 39.2 Å². The molecule has 0 radical (unpaired) electrons. The molecule has 1 aliphatic carbocycles. The molecule has 2 aliphatic rings. The highest BCUT2D eigenvalue weighted by Gasteiger charge is 2.33. The topological polar surface area (TPSA) is 142 Å². The Hall–Kier alpha value is -4.23. The van der Waals surface area contributed by atoms with Crippen molar-refractivity contribution >= 4 is 28.9 Å². The molecule has 4 aromatic rings. The minimum atomic E-state index is -0.284. The van der Waals surface area contributed by atoms with Crippen molar-refractivity contribution in [3.05, 3.63) is 58.5 Å². The van der Waals surface area contributed by atoms with E-state index in [2.05, 4.69) is 31.0 Å². The van der Waals surface area contributed by atoms with Crippen LogP contribution in [0.15, 0.2) is 41.6 Å². The van der Waals surface area contributed by atoms with Gasteiger partial charge in [-0.1, -0.05) is 0 Å². The van der Waals surface area contributed by atoms with Crippen LogP contribution in [0.1, 0.15) is 29.0 Å². The lowest BCUT2D eigenvalue weighted by atomic mass is 9.89. The summed E-state index contributed by atoms with van der Waals surface area (Å²) in [6.07, 6.45) is 6.79. The normalized spacial score (nSPS) is 18.8. The molecular formula is C24H27N9O4. The summed E-state index contributed by atoms with van der Waals surface area (Å²) in [5, 5.41) is 13.5. The Kier molecular flexibility index (Phi) is 5.85. The number of anilines is 3. The van der Waals surface area contributed by atoms with E-state index in [0.717, 1.165) is 18.7 Å². The molecular weight excluding hydrogens is 478 g/mol. The molecule has 6 rings (SSSR count). The molecule has 37 heavy (non-hydrogen) atoms. The van der Waals surface area contributed by atoms with Gasteiger partial charge in [-0.2, -0.15) is 9.61 Å². The second-order valence-electron chi connectivity index (χ2n) is 8.99. The van der Waals surface area contributed by atoms with Gasteiger partial charge >= 0.3 is 0 Å². The van der Waals surface area contributed by atoms with Gasteiger partial charge in [0.05, 0.1) is 24.9 Å². The van der Waals surface area contributed by atoms with Crippen LogP contribution in [0.5, 0.6) is 0 Å². The van der Waals surface area contributed by atoms with Crippen molar-refractivity contribution in [1.82, 2.24) is 34.0 Å². The largest absolute Gasteiger partial charge is 0.379 e. The summed E-state index contributed by atoms with van der Waals surface area (Å²) in [5.41, 5.74) is 0.719. The zero-order chi connectivity index (χ0) is 25.5. The molecule has 0 aromatic carbocycles. The van der Waals surface area contributed by atoms with Crippen LogP contribution in [-0.4, -0.2) is 67.5 Å². The summed E-state index contributed by atoms with van der Waals surface area (Å²) in [5.74, 6) is 2.01. The lowest BCUT2D eigenvalue weighted by Crippen LogP contribution is -2.51. The van der Waals surface area contributed by atoms with E-state index in [9.17, 15) is 9.59 Å². The number of ether oxygens (including phenoxy) is 2. The number of aromatic nitrogens is 6. The molecule has 1 amide bonds. The van der Waals surface area contributed by atoms with E-state index in [1.165, 1.54) is 10.8 Å². The molecule has 1 aliphatic heterocycles. The van der Waals surface area contributed by atoms with Crippen LogP contribution in [-0.2, 0) is 22.6 Å². The first kappa shape index (κ1) is 23.2. The smallest absolute Gasteiger partial charge is 0.280 e. The first-order valence-electron chi connectivity index (χ1n) is 12.1. The summed E-state index contributed by atoms with van der Waals surface area (Å²) >= 11 is 0. The van der Waals surface area contributed by atoms with E-state index in [-0.39, 0.29) is 23.6 Å². The quantitative estimate of drug-likeness (QED) is 0.339. The van der Waals surface area contributed by atoms with Gasteiger partial charge in [-0.3, -0.25) is 14.2 Å². The maximum atomic E-state index is 13.3. The summed E-state index contributed by atoms with van der Waals surface area (Å²) in [4.78, 5) is 35.5. The molecule has 3 N–H and O–H groups in total.